The van der Waals surface area contributed by atoms with E-state index in [1.807, 2.05) is 6.07 Å². The van der Waals surface area contributed by atoms with Gasteiger partial charge in [-0.3, -0.25) is 19.2 Å². The Morgan fingerprint density at radius 3 is 2.56 bits per heavy atom. The Hall–Kier alpha value is -3.09. The summed E-state index contributed by atoms with van der Waals surface area (Å²) < 4.78 is 9.56. The first kappa shape index (κ1) is 22.1. The van der Waals surface area contributed by atoms with Gasteiger partial charge in [0.15, 0.2) is 0 Å². The number of benzene rings is 1. The minimum atomic E-state index is -0.150. The van der Waals surface area contributed by atoms with Crippen LogP contribution in [0.1, 0.15) is 25.2 Å². The van der Waals surface area contributed by atoms with Crippen molar-refractivity contribution in [1.29, 1.82) is 0 Å². The molecule has 0 spiro atoms. The van der Waals surface area contributed by atoms with Gasteiger partial charge in [-0.05, 0) is 49.5 Å². The maximum absolute atomic E-state index is 12.8. The van der Waals surface area contributed by atoms with Gasteiger partial charge in [0.2, 0.25) is 0 Å². The summed E-state index contributed by atoms with van der Waals surface area (Å²) >= 11 is 5.86. The van der Waals surface area contributed by atoms with Crippen LogP contribution < -0.4 is 10.3 Å². The van der Waals surface area contributed by atoms with Crippen molar-refractivity contribution < 1.29 is 4.74 Å². The molecule has 4 rings (SSSR count). The Labute approximate surface area is 192 Å². The zero-order chi connectivity index (χ0) is 22.7. The van der Waals surface area contributed by atoms with Gasteiger partial charge in [-0.25, -0.2) is 0 Å². The number of fused-ring (bicyclic) bond motifs is 1. The molecule has 0 atom stereocenters. The Bertz CT molecular complexity index is 1270. The summed E-state index contributed by atoms with van der Waals surface area (Å²) in [6, 6.07) is 15.2. The van der Waals surface area contributed by atoms with Crippen molar-refractivity contribution >= 4 is 22.5 Å². The van der Waals surface area contributed by atoms with Crippen molar-refractivity contribution in [3.8, 4) is 11.4 Å². The summed E-state index contributed by atoms with van der Waals surface area (Å²) in [5.41, 5.74) is 3.78. The van der Waals surface area contributed by atoms with Gasteiger partial charge < -0.3 is 9.30 Å². The largest absolute Gasteiger partial charge is 0.487 e. The fourth-order valence-corrected chi connectivity index (χ4v) is 3.88. The number of halogens is 1. The molecule has 7 heteroatoms. The zero-order valence-electron chi connectivity index (χ0n) is 18.6. The summed E-state index contributed by atoms with van der Waals surface area (Å²) in [7, 11) is 2.08. The van der Waals surface area contributed by atoms with Crippen LogP contribution in [0.4, 0.5) is 0 Å². The van der Waals surface area contributed by atoms with Gasteiger partial charge >= 0.3 is 0 Å². The SMILES string of the molecule is CCN(CC)Cc1cc2ccc(-n3ccc(OCc4ccc(Cl)cn4)cc3=O)cc2n1C. The van der Waals surface area contributed by atoms with Crippen molar-refractivity contribution in [3.63, 3.8) is 0 Å². The highest BCUT2D eigenvalue weighted by atomic mass is 35.5. The number of hydrogen-bond donors (Lipinski definition) is 0. The summed E-state index contributed by atoms with van der Waals surface area (Å²) in [6.45, 7) is 7.56. The molecule has 0 saturated heterocycles. The first-order valence-corrected chi connectivity index (χ1v) is 11.1. The van der Waals surface area contributed by atoms with E-state index in [9.17, 15) is 4.79 Å². The molecule has 166 valence electrons. The van der Waals surface area contributed by atoms with E-state index in [0.29, 0.717) is 10.8 Å². The van der Waals surface area contributed by atoms with Gasteiger partial charge in [-0.2, -0.15) is 0 Å². The molecule has 32 heavy (non-hydrogen) atoms. The maximum atomic E-state index is 12.8. The fraction of sp³-hybridized carbons (Fsp3) is 0.280. The topological polar surface area (TPSA) is 52.3 Å². The van der Waals surface area contributed by atoms with E-state index in [1.165, 1.54) is 17.1 Å². The van der Waals surface area contributed by atoms with E-state index in [2.05, 4.69) is 53.5 Å². The molecule has 0 bridgehead atoms. The summed E-state index contributed by atoms with van der Waals surface area (Å²) in [4.78, 5) is 19.4. The lowest BCUT2D eigenvalue weighted by Crippen LogP contribution is -2.23. The average molecular weight is 451 g/mol. The second kappa shape index (κ2) is 9.59. The van der Waals surface area contributed by atoms with Gasteiger partial charge in [-0.15, -0.1) is 0 Å². The number of ether oxygens (including phenoxy) is 1. The van der Waals surface area contributed by atoms with Crippen molar-refractivity contribution in [3.05, 3.63) is 87.7 Å². The summed E-state index contributed by atoms with van der Waals surface area (Å²) in [5.74, 6) is 0.504. The van der Waals surface area contributed by atoms with Gasteiger partial charge in [0.05, 0.1) is 21.9 Å². The number of nitrogens with zero attached hydrogens (tertiary/aromatic N) is 4. The highest BCUT2D eigenvalue weighted by Gasteiger charge is 2.11. The Balaban J connectivity index is 1.56. The molecule has 3 heterocycles. The normalized spacial score (nSPS) is 11.4. The van der Waals surface area contributed by atoms with Crippen LogP contribution in [0, 0.1) is 0 Å². The van der Waals surface area contributed by atoms with Gasteiger partial charge in [-0.1, -0.05) is 31.5 Å². The van der Waals surface area contributed by atoms with Crippen LogP contribution >= 0.6 is 11.6 Å². The highest BCUT2D eigenvalue weighted by molar-refractivity contribution is 6.30. The number of hydrogen-bond acceptors (Lipinski definition) is 4. The molecular weight excluding hydrogens is 424 g/mol. The second-order valence-electron chi connectivity index (χ2n) is 7.73. The minimum absolute atomic E-state index is 0.150. The van der Waals surface area contributed by atoms with Crippen LogP contribution in [0.25, 0.3) is 16.6 Å². The molecular formula is C25H27ClN4O2. The van der Waals surface area contributed by atoms with Crippen molar-refractivity contribution in [2.45, 2.75) is 27.0 Å². The van der Waals surface area contributed by atoms with Crippen LogP contribution in [0.15, 0.2) is 65.7 Å². The van der Waals surface area contributed by atoms with Gasteiger partial charge in [0.1, 0.15) is 12.4 Å². The van der Waals surface area contributed by atoms with Gasteiger partial charge in [0, 0.05) is 43.1 Å². The molecule has 0 aliphatic rings. The van der Waals surface area contributed by atoms with Gasteiger partial charge in [0.25, 0.3) is 5.56 Å². The number of aromatic nitrogens is 3. The molecule has 0 radical (unpaired) electrons. The number of aryl methyl sites for hydroxylation is 1. The average Bonchev–Trinajstić information content (AvgIpc) is 3.11. The van der Waals surface area contributed by atoms with Crippen molar-refractivity contribution in [2.24, 2.45) is 7.05 Å². The summed E-state index contributed by atoms with van der Waals surface area (Å²) in [5, 5.41) is 1.74. The lowest BCUT2D eigenvalue weighted by molar-refractivity contribution is 0.289. The quantitative estimate of drug-likeness (QED) is 0.387. The van der Waals surface area contributed by atoms with Crippen LogP contribution in [-0.2, 0) is 20.2 Å². The predicted octanol–water partition coefficient (Wildman–Crippen LogP) is 4.80. The maximum Gasteiger partial charge on any atom is 0.258 e. The minimum Gasteiger partial charge on any atom is -0.487 e. The molecule has 3 aromatic heterocycles. The third-order valence-electron chi connectivity index (χ3n) is 5.75. The first-order valence-electron chi connectivity index (χ1n) is 10.8. The lowest BCUT2D eigenvalue weighted by Gasteiger charge is -2.18. The zero-order valence-corrected chi connectivity index (χ0v) is 19.3. The molecule has 0 amide bonds. The Morgan fingerprint density at radius 2 is 1.88 bits per heavy atom. The Kier molecular flexibility index (Phi) is 6.63. The van der Waals surface area contributed by atoms with Crippen LogP contribution in [0.5, 0.6) is 5.75 Å². The lowest BCUT2D eigenvalue weighted by atomic mass is 10.2. The molecule has 4 aromatic rings. The van der Waals surface area contributed by atoms with Crippen LogP contribution in [0.3, 0.4) is 0 Å². The first-order chi connectivity index (χ1) is 15.5. The summed E-state index contributed by atoms with van der Waals surface area (Å²) in [6.07, 6.45) is 3.32. The number of rotatable bonds is 8. The molecule has 0 N–H and O–H groups in total. The Morgan fingerprint density at radius 1 is 1.06 bits per heavy atom. The highest BCUT2D eigenvalue weighted by Crippen LogP contribution is 2.23. The molecule has 6 nitrogen and oxygen atoms in total. The van der Waals surface area contributed by atoms with Crippen molar-refractivity contribution in [1.82, 2.24) is 19.0 Å². The third kappa shape index (κ3) is 4.71. The molecule has 0 fully saturated rings. The van der Waals surface area contributed by atoms with E-state index in [-0.39, 0.29) is 12.2 Å². The molecule has 0 saturated carbocycles. The second-order valence-corrected chi connectivity index (χ2v) is 8.16. The van der Waals surface area contributed by atoms with E-state index >= 15 is 0 Å². The number of pyridine rings is 2. The molecule has 0 aliphatic carbocycles. The van der Waals surface area contributed by atoms with Crippen LogP contribution in [-0.4, -0.2) is 32.1 Å². The standard InChI is InChI=1S/C25H27ClN4O2/c1-4-29(5-2)16-22-12-18-6-9-21(13-24(18)28(22)3)30-11-10-23(14-25(30)31)32-17-20-8-7-19(26)15-27-20/h6-15H,4-5,16-17H2,1-3H3. The predicted molar refractivity (Wildman–Crippen MR) is 129 cm³/mol. The van der Waals surface area contributed by atoms with E-state index in [4.69, 9.17) is 16.3 Å². The van der Waals surface area contributed by atoms with Crippen LogP contribution in [0.2, 0.25) is 5.02 Å². The van der Waals surface area contributed by atoms with E-state index in [0.717, 1.165) is 36.5 Å². The molecule has 0 unspecified atom stereocenters. The smallest absolute Gasteiger partial charge is 0.258 e. The fourth-order valence-electron chi connectivity index (χ4n) is 3.77. The van der Waals surface area contributed by atoms with E-state index in [1.54, 1.807) is 35.2 Å². The van der Waals surface area contributed by atoms with E-state index < -0.39 is 0 Å². The molecule has 1 aromatic carbocycles. The molecule has 0 aliphatic heterocycles. The monoisotopic (exact) mass is 450 g/mol. The van der Waals surface area contributed by atoms with Crippen molar-refractivity contribution in [2.75, 3.05) is 13.1 Å². The third-order valence-corrected chi connectivity index (χ3v) is 5.98.